The number of carbonyl (C=O) groups is 3. The molecule has 0 bridgehead atoms. The maximum Gasteiger partial charge on any atom is 0.264 e. The van der Waals surface area contributed by atoms with Gasteiger partial charge in [0.1, 0.15) is 0 Å². The lowest BCUT2D eigenvalue weighted by Crippen LogP contribution is -2.46. The minimum Gasteiger partial charge on any atom is -0.394 e. The third-order valence-electron chi connectivity index (χ3n) is 9.43. The maximum absolute atomic E-state index is 14.0. The molecule has 0 saturated carbocycles. The van der Waals surface area contributed by atoms with Crippen LogP contribution < -0.4 is 15.5 Å². The molecular weight excluding hydrogens is 604 g/mol. The number of halogens is 1. The largest absolute Gasteiger partial charge is 0.394 e. The first kappa shape index (κ1) is 31.9. The van der Waals surface area contributed by atoms with Crippen molar-refractivity contribution in [2.24, 2.45) is 5.92 Å². The first-order valence-corrected chi connectivity index (χ1v) is 16.2. The van der Waals surface area contributed by atoms with Gasteiger partial charge in [0.2, 0.25) is 11.8 Å². The second-order valence-electron chi connectivity index (χ2n) is 12.4. The lowest BCUT2D eigenvalue weighted by molar-refractivity contribution is -0.139. The van der Waals surface area contributed by atoms with Crippen LogP contribution in [0.2, 0.25) is 5.02 Å². The van der Waals surface area contributed by atoms with E-state index < -0.39 is 17.4 Å². The molecule has 1 saturated heterocycles. The van der Waals surface area contributed by atoms with Crippen LogP contribution in [0.15, 0.2) is 78.9 Å². The van der Waals surface area contributed by atoms with E-state index in [4.69, 9.17) is 11.6 Å². The molecule has 4 atom stereocenters. The summed E-state index contributed by atoms with van der Waals surface area (Å²) in [6.45, 7) is 3.10. The van der Waals surface area contributed by atoms with Crippen molar-refractivity contribution in [3.8, 4) is 0 Å². The molecule has 240 valence electrons. The van der Waals surface area contributed by atoms with Crippen LogP contribution in [0.1, 0.15) is 48.4 Å². The number of carbonyl (C=O) groups excluding carboxylic acids is 3. The fourth-order valence-electron chi connectivity index (χ4n) is 6.76. The zero-order chi connectivity index (χ0) is 32.4. The molecule has 1 fully saturated rings. The van der Waals surface area contributed by atoms with Gasteiger partial charge in [-0.25, -0.2) is 0 Å². The summed E-state index contributed by atoms with van der Waals surface area (Å²) in [5, 5.41) is 28.5. The normalized spacial score (nSPS) is 23.0. The Balaban J connectivity index is 1.15. The van der Waals surface area contributed by atoms with E-state index in [2.05, 4.69) is 10.6 Å². The minimum atomic E-state index is -1.89. The molecule has 9 nitrogen and oxygen atoms in total. The van der Waals surface area contributed by atoms with Crippen molar-refractivity contribution in [3.63, 3.8) is 0 Å². The number of nitrogens with zero attached hydrogens (tertiary/aromatic N) is 2. The third kappa shape index (κ3) is 6.20. The number of aliphatic hydroxyl groups is 2. The standard InChI is InChI=1S/C36H39ClN4O5/c1-23(6-4-10-33(43)40-21-26-8-3-2-7-25(26)18-29(40)22-42)36(46)30-19-27(37)13-16-32(30)41(35(36)45)20-24-11-14-28(15-12-24)39-34(44)31-9-5-17-38-31/h2-4,6-8,11-16,19,23,29,31,38,42,46H,5,9-10,17-18,20-22H2,1H3,(H,39,44)/b6-4+/t23-,29+,31-,36+/m1/s1. The quantitative estimate of drug-likeness (QED) is 0.258. The van der Waals surface area contributed by atoms with E-state index in [0.717, 1.165) is 36.1 Å². The molecule has 0 aromatic heterocycles. The highest BCUT2D eigenvalue weighted by atomic mass is 35.5. The van der Waals surface area contributed by atoms with Crippen LogP contribution in [0.25, 0.3) is 0 Å². The summed E-state index contributed by atoms with van der Waals surface area (Å²) in [7, 11) is 0. The molecule has 3 heterocycles. The molecule has 0 radical (unpaired) electrons. The average Bonchev–Trinajstić information content (AvgIpc) is 3.68. The fourth-order valence-corrected chi connectivity index (χ4v) is 6.93. The molecule has 0 unspecified atom stereocenters. The minimum absolute atomic E-state index is 0.0611. The van der Waals surface area contributed by atoms with Crippen LogP contribution >= 0.6 is 11.6 Å². The number of aliphatic hydroxyl groups excluding tert-OH is 1. The SMILES string of the molecule is C[C@H](/C=C/CC(=O)N1Cc2ccccc2C[C@H]1CO)[C@@]1(O)C(=O)N(Cc2ccc(NC(=O)[C@H]3CCCN3)cc2)c2ccc(Cl)cc21. The van der Waals surface area contributed by atoms with Gasteiger partial charge in [0.25, 0.3) is 5.91 Å². The Morgan fingerprint density at radius 3 is 2.61 bits per heavy atom. The maximum atomic E-state index is 14.0. The Morgan fingerprint density at radius 1 is 1.13 bits per heavy atom. The number of nitrogens with one attached hydrogen (secondary N) is 2. The third-order valence-corrected chi connectivity index (χ3v) is 9.67. The van der Waals surface area contributed by atoms with Crippen molar-refractivity contribution in [2.75, 3.05) is 23.4 Å². The van der Waals surface area contributed by atoms with Crippen LogP contribution in [-0.4, -0.2) is 58.1 Å². The Bertz CT molecular complexity index is 1650. The van der Waals surface area contributed by atoms with Crippen LogP contribution in [-0.2, 0) is 39.5 Å². The first-order chi connectivity index (χ1) is 22.2. The van der Waals surface area contributed by atoms with E-state index in [1.165, 1.54) is 0 Å². The smallest absolute Gasteiger partial charge is 0.264 e. The number of hydrogen-bond donors (Lipinski definition) is 4. The zero-order valence-electron chi connectivity index (χ0n) is 25.8. The second kappa shape index (κ2) is 13.4. The highest BCUT2D eigenvalue weighted by Gasteiger charge is 2.52. The number of benzene rings is 3. The van der Waals surface area contributed by atoms with Crippen LogP contribution in [0.5, 0.6) is 0 Å². The van der Waals surface area contributed by atoms with Crippen LogP contribution in [0.4, 0.5) is 11.4 Å². The molecule has 3 aromatic carbocycles. The van der Waals surface area contributed by atoms with Gasteiger partial charge >= 0.3 is 0 Å². The molecule has 4 N–H and O–H groups in total. The summed E-state index contributed by atoms with van der Waals surface area (Å²) >= 11 is 6.34. The van der Waals surface area contributed by atoms with E-state index in [0.29, 0.717) is 34.9 Å². The first-order valence-electron chi connectivity index (χ1n) is 15.8. The molecule has 3 aliphatic heterocycles. The molecule has 0 spiro atoms. The number of amides is 3. The van der Waals surface area contributed by atoms with Crippen LogP contribution in [0, 0.1) is 5.92 Å². The van der Waals surface area contributed by atoms with Crippen LogP contribution in [0.3, 0.4) is 0 Å². The molecule has 10 heteroatoms. The lowest BCUT2D eigenvalue weighted by Gasteiger charge is -2.36. The topological polar surface area (TPSA) is 122 Å². The highest BCUT2D eigenvalue weighted by Crippen LogP contribution is 2.46. The van der Waals surface area contributed by atoms with Gasteiger partial charge in [0, 0.05) is 35.2 Å². The summed E-state index contributed by atoms with van der Waals surface area (Å²) in [5.41, 5.74) is 2.79. The number of fused-ring (bicyclic) bond motifs is 2. The van der Waals surface area contributed by atoms with Gasteiger partial charge < -0.3 is 30.6 Å². The van der Waals surface area contributed by atoms with Gasteiger partial charge in [0.15, 0.2) is 5.60 Å². The summed E-state index contributed by atoms with van der Waals surface area (Å²) in [5.74, 6) is -1.35. The van der Waals surface area contributed by atoms with Crippen molar-refractivity contribution in [2.45, 2.75) is 63.4 Å². The van der Waals surface area contributed by atoms with E-state index in [-0.39, 0.29) is 43.5 Å². The molecule has 3 aromatic rings. The Labute approximate surface area is 273 Å². The molecule has 3 aliphatic rings. The summed E-state index contributed by atoms with van der Waals surface area (Å²) < 4.78 is 0. The van der Waals surface area contributed by atoms with Crippen molar-refractivity contribution < 1.29 is 24.6 Å². The Kier molecular flexibility index (Phi) is 9.29. The predicted molar refractivity (Wildman–Crippen MR) is 177 cm³/mol. The summed E-state index contributed by atoms with van der Waals surface area (Å²) in [4.78, 5) is 43.0. The molecule has 46 heavy (non-hydrogen) atoms. The van der Waals surface area contributed by atoms with Gasteiger partial charge in [-0.3, -0.25) is 14.4 Å². The van der Waals surface area contributed by atoms with Crippen molar-refractivity contribution in [1.82, 2.24) is 10.2 Å². The van der Waals surface area contributed by atoms with Gasteiger partial charge in [0.05, 0.1) is 30.9 Å². The summed E-state index contributed by atoms with van der Waals surface area (Å²) in [6.07, 6.45) is 5.84. The molecule has 3 amide bonds. The van der Waals surface area contributed by atoms with E-state index in [1.807, 2.05) is 48.5 Å². The number of rotatable bonds is 9. The molecule has 0 aliphatic carbocycles. The zero-order valence-corrected chi connectivity index (χ0v) is 26.5. The van der Waals surface area contributed by atoms with E-state index in [1.54, 1.807) is 47.1 Å². The summed E-state index contributed by atoms with van der Waals surface area (Å²) in [6, 6.07) is 19.8. The average molecular weight is 643 g/mol. The van der Waals surface area contributed by atoms with E-state index in [9.17, 15) is 24.6 Å². The second-order valence-corrected chi connectivity index (χ2v) is 12.8. The van der Waals surface area contributed by atoms with Gasteiger partial charge in [-0.1, -0.05) is 67.1 Å². The number of anilines is 2. The number of hydrogen-bond acceptors (Lipinski definition) is 6. The Morgan fingerprint density at radius 2 is 1.89 bits per heavy atom. The van der Waals surface area contributed by atoms with Crippen molar-refractivity contribution in [3.05, 3.63) is 106 Å². The van der Waals surface area contributed by atoms with Gasteiger partial charge in [-0.2, -0.15) is 0 Å². The van der Waals surface area contributed by atoms with E-state index >= 15 is 0 Å². The van der Waals surface area contributed by atoms with Gasteiger partial charge in [-0.15, -0.1) is 0 Å². The van der Waals surface area contributed by atoms with Crippen molar-refractivity contribution in [1.29, 1.82) is 0 Å². The predicted octanol–water partition coefficient (Wildman–Crippen LogP) is 4.29. The Hall–Kier alpha value is -4.02. The molecule has 6 rings (SSSR count). The van der Waals surface area contributed by atoms with Gasteiger partial charge in [-0.05, 0) is 72.8 Å². The monoisotopic (exact) mass is 642 g/mol. The molecular formula is C36H39ClN4O5. The van der Waals surface area contributed by atoms with Crippen molar-refractivity contribution >= 4 is 40.7 Å². The lowest BCUT2D eigenvalue weighted by atomic mass is 9.83. The highest BCUT2D eigenvalue weighted by molar-refractivity contribution is 6.31. The fraction of sp³-hybridized carbons (Fsp3) is 0.361.